The van der Waals surface area contributed by atoms with Gasteiger partial charge in [-0.1, -0.05) is 0 Å². The van der Waals surface area contributed by atoms with Gasteiger partial charge in [0.05, 0.1) is 4.90 Å². The molecule has 0 N–H and O–H groups in total. The Hall–Kier alpha value is -1.08. The van der Waals surface area contributed by atoms with Gasteiger partial charge in [-0.2, -0.15) is 9.65 Å². The number of hydrogen-bond acceptors (Lipinski definition) is 3. The standard InChI is InChI=1S/C6H3FN2S/c7-6-5(10-4-8)2-1-3-9-6/h1-3H. The highest BCUT2D eigenvalue weighted by atomic mass is 32.2. The summed E-state index contributed by atoms with van der Waals surface area (Å²) in [5, 5.41) is 9.92. The first kappa shape index (κ1) is 7.03. The van der Waals surface area contributed by atoms with E-state index < -0.39 is 5.95 Å². The molecule has 0 unspecified atom stereocenters. The van der Waals surface area contributed by atoms with Crippen molar-refractivity contribution in [2.24, 2.45) is 0 Å². The molecule has 1 aromatic rings. The number of nitrogens with zero attached hydrogens (tertiary/aromatic N) is 2. The van der Waals surface area contributed by atoms with Crippen molar-refractivity contribution in [3.8, 4) is 5.40 Å². The Balaban J connectivity index is 2.94. The van der Waals surface area contributed by atoms with Gasteiger partial charge in [0.15, 0.2) is 0 Å². The van der Waals surface area contributed by atoms with Crippen LogP contribution >= 0.6 is 11.8 Å². The van der Waals surface area contributed by atoms with Crippen LogP contribution in [0, 0.1) is 16.6 Å². The van der Waals surface area contributed by atoms with E-state index in [1.807, 2.05) is 0 Å². The number of thioether (sulfide) groups is 1. The summed E-state index contributed by atoms with van der Waals surface area (Å²) in [4.78, 5) is 3.63. The van der Waals surface area contributed by atoms with Crippen molar-refractivity contribution in [2.75, 3.05) is 0 Å². The molecule has 0 radical (unpaired) electrons. The van der Waals surface area contributed by atoms with Gasteiger partial charge in [-0.3, -0.25) is 0 Å². The molecule has 50 valence electrons. The molecule has 1 rings (SSSR count). The first-order valence-electron chi connectivity index (χ1n) is 2.51. The Morgan fingerprint density at radius 3 is 3.10 bits per heavy atom. The van der Waals surface area contributed by atoms with Crippen LogP contribution in [0.2, 0.25) is 0 Å². The van der Waals surface area contributed by atoms with E-state index >= 15 is 0 Å². The van der Waals surface area contributed by atoms with E-state index in [-0.39, 0.29) is 4.90 Å². The van der Waals surface area contributed by atoms with Crippen LogP contribution in [0.4, 0.5) is 4.39 Å². The van der Waals surface area contributed by atoms with Crippen LogP contribution in [0.25, 0.3) is 0 Å². The molecule has 0 saturated carbocycles. The molecule has 0 aliphatic carbocycles. The smallest absolute Gasteiger partial charge is 0.227 e. The highest BCUT2D eigenvalue weighted by Gasteiger charge is 1.99. The molecule has 0 spiro atoms. The summed E-state index contributed by atoms with van der Waals surface area (Å²) < 4.78 is 12.5. The topological polar surface area (TPSA) is 36.7 Å². The van der Waals surface area contributed by atoms with E-state index in [4.69, 9.17) is 5.26 Å². The molecule has 0 fully saturated rings. The average molecular weight is 154 g/mol. The van der Waals surface area contributed by atoms with Gasteiger partial charge in [-0.05, 0) is 23.9 Å². The maximum Gasteiger partial charge on any atom is 0.227 e. The Labute approximate surface area is 61.7 Å². The summed E-state index contributed by atoms with van der Waals surface area (Å²) in [5.74, 6) is -0.589. The molecule has 0 aromatic carbocycles. The lowest BCUT2D eigenvalue weighted by molar-refractivity contribution is 0.557. The number of aromatic nitrogens is 1. The summed E-state index contributed by atoms with van der Waals surface area (Å²) in [7, 11) is 0. The highest BCUT2D eigenvalue weighted by molar-refractivity contribution is 8.03. The van der Waals surface area contributed by atoms with Crippen LogP contribution in [0.15, 0.2) is 23.2 Å². The number of pyridine rings is 1. The number of thiocyanates is 1. The summed E-state index contributed by atoms with van der Waals surface area (Å²) in [6.07, 6.45) is 1.34. The SMILES string of the molecule is N#CSc1cccnc1F. The van der Waals surface area contributed by atoms with Crippen LogP contribution in [-0.4, -0.2) is 4.98 Å². The Kier molecular flexibility index (Phi) is 2.24. The first-order chi connectivity index (χ1) is 4.84. The monoisotopic (exact) mass is 154 g/mol. The predicted molar refractivity (Wildman–Crippen MR) is 35.7 cm³/mol. The molecular formula is C6H3FN2S. The van der Waals surface area contributed by atoms with Crippen LogP contribution in [0.5, 0.6) is 0 Å². The average Bonchev–Trinajstić information content (AvgIpc) is 1.94. The van der Waals surface area contributed by atoms with Crippen molar-refractivity contribution in [3.05, 3.63) is 24.3 Å². The van der Waals surface area contributed by atoms with Crippen molar-refractivity contribution in [1.82, 2.24) is 4.98 Å². The van der Waals surface area contributed by atoms with Gasteiger partial charge in [0, 0.05) is 6.20 Å². The van der Waals surface area contributed by atoms with E-state index in [2.05, 4.69) is 4.98 Å². The van der Waals surface area contributed by atoms with Gasteiger partial charge in [0.1, 0.15) is 5.40 Å². The summed E-state index contributed by atoms with van der Waals surface area (Å²) in [6.45, 7) is 0. The Morgan fingerprint density at radius 2 is 2.50 bits per heavy atom. The predicted octanol–water partition coefficient (Wildman–Crippen LogP) is 1.79. The molecule has 0 atom stereocenters. The van der Waals surface area contributed by atoms with E-state index in [9.17, 15) is 4.39 Å². The zero-order valence-electron chi connectivity index (χ0n) is 4.91. The number of nitriles is 1. The van der Waals surface area contributed by atoms with Crippen molar-refractivity contribution < 1.29 is 4.39 Å². The molecule has 1 aromatic heterocycles. The third-order valence-electron chi connectivity index (χ3n) is 0.880. The molecular weight excluding hydrogens is 151 g/mol. The Morgan fingerprint density at radius 1 is 1.70 bits per heavy atom. The molecule has 0 aliphatic heterocycles. The minimum Gasteiger partial charge on any atom is -0.227 e. The van der Waals surface area contributed by atoms with Crippen molar-refractivity contribution >= 4 is 11.8 Å². The van der Waals surface area contributed by atoms with Gasteiger partial charge in [0.25, 0.3) is 0 Å². The van der Waals surface area contributed by atoms with Gasteiger partial charge in [-0.25, -0.2) is 4.98 Å². The minimum atomic E-state index is -0.589. The molecule has 0 amide bonds. The first-order valence-corrected chi connectivity index (χ1v) is 3.32. The van der Waals surface area contributed by atoms with Gasteiger partial charge < -0.3 is 0 Å². The molecule has 0 aliphatic rings. The maximum atomic E-state index is 12.5. The molecule has 0 bridgehead atoms. The van der Waals surface area contributed by atoms with E-state index in [0.29, 0.717) is 0 Å². The van der Waals surface area contributed by atoms with E-state index in [0.717, 1.165) is 11.8 Å². The van der Waals surface area contributed by atoms with Gasteiger partial charge in [-0.15, -0.1) is 0 Å². The zero-order valence-corrected chi connectivity index (χ0v) is 5.73. The van der Waals surface area contributed by atoms with E-state index in [1.165, 1.54) is 12.3 Å². The van der Waals surface area contributed by atoms with Crippen molar-refractivity contribution in [2.45, 2.75) is 4.90 Å². The largest absolute Gasteiger partial charge is 0.227 e. The summed E-state index contributed by atoms with van der Waals surface area (Å²) in [6, 6.07) is 3.10. The highest BCUT2D eigenvalue weighted by Crippen LogP contribution is 2.17. The third-order valence-corrected chi connectivity index (χ3v) is 1.50. The fourth-order valence-corrected chi connectivity index (χ4v) is 0.878. The molecule has 10 heavy (non-hydrogen) atoms. The van der Waals surface area contributed by atoms with E-state index in [1.54, 1.807) is 11.5 Å². The van der Waals surface area contributed by atoms with Crippen molar-refractivity contribution in [3.63, 3.8) is 0 Å². The quantitative estimate of drug-likeness (QED) is 0.351. The fraction of sp³-hybridized carbons (Fsp3) is 0. The van der Waals surface area contributed by atoms with Crippen molar-refractivity contribution in [1.29, 1.82) is 5.26 Å². The summed E-state index contributed by atoms with van der Waals surface area (Å²) in [5.41, 5.74) is 0. The summed E-state index contributed by atoms with van der Waals surface area (Å²) >= 11 is 0.770. The minimum absolute atomic E-state index is 0.269. The fourth-order valence-electron chi connectivity index (χ4n) is 0.497. The van der Waals surface area contributed by atoms with Crippen LogP contribution in [0.3, 0.4) is 0 Å². The lowest BCUT2D eigenvalue weighted by atomic mass is 10.5. The van der Waals surface area contributed by atoms with Gasteiger partial charge in [0.2, 0.25) is 5.95 Å². The maximum absolute atomic E-state index is 12.5. The third kappa shape index (κ3) is 1.45. The van der Waals surface area contributed by atoms with Gasteiger partial charge >= 0.3 is 0 Å². The lowest BCUT2D eigenvalue weighted by Crippen LogP contribution is -1.82. The second-order valence-corrected chi connectivity index (χ2v) is 2.31. The van der Waals surface area contributed by atoms with Crippen LogP contribution < -0.4 is 0 Å². The molecule has 4 heteroatoms. The number of rotatable bonds is 1. The zero-order chi connectivity index (χ0) is 7.40. The number of halogens is 1. The molecule has 2 nitrogen and oxygen atoms in total. The molecule has 0 saturated heterocycles. The lowest BCUT2D eigenvalue weighted by Gasteiger charge is -1.91. The second kappa shape index (κ2) is 3.18. The van der Waals surface area contributed by atoms with Crippen LogP contribution in [0.1, 0.15) is 0 Å². The van der Waals surface area contributed by atoms with Crippen LogP contribution in [-0.2, 0) is 0 Å². The second-order valence-electron chi connectivity index (χ2n) is 1.49. The number of hydrogen-bond donors (Lipinski definition) is 0. The normalized spacial score (nSPS) is 8.80. The Bertz CT molecular complexity index is 269. The molecule has 1 heterocycles.